The van der Waals surface area contributed by atoms with E-state index in [0.29, 0.717) is 6.54 Å². The summed E-state index contributed by atoms with van der Waals surface area (Å²) >= 11 is 3.52. The highest BCUT2D eigenvalue weighted by atomic mass is 79.9. The lowest BCUT2D eigenvalue weighted by atomic mass is 10.1. The molecule has 2 nitrogen and oxygen atoms in total. The summed E-state index contributed by atoms with van der Waals surface area (Å²) in [6.07, 6.45) is 2.06. The highest BCUT2D eigenvalue weighted by molar-refractivity contribution is 9.10. The number of hydrogen-bond acceptors (Lipinski definition) is 1. The van der Waals surface area contributed by atoms with E-state index < -0.39 is 0 Å². The molecule has 68 valence electrons. The minimum atomic E-state index is 0.595. The summed E-state index contributed by atoms with van der Waals surface area (Å²) in [5.41, 5.74) is 7.97. The normalized spacial score (nSPS) is 11.0. The van der Waals surface area contributed by atoms with E-state index in [9.17, 15) is 0 Å². The maximum atomic E-state index is 5.58. The van der Waals surface area contributed by atoms with E-state index in [1.807, 2.05) is 7.05 Å². The zero-order valence-electron chi connectivity index (χ0n) is 7.42. The van der Waals surface area contributed by atoms with Crippen molar-refractivity contribution in [1.82, 2.24) is 4.57 Å². The molecule has 0 radical (unpaired) electrons. The zero-order valence-corrected chi connectivity index (χ0v) is 9.01. The van der Waals surface area contributed by atoms with Gasteiger partial charge in [0.25, 0.3) is 0 Å². The third kappa shape index (κ3) is 1.38. The first kappa shape index (κ1) is 8.78. The summed E-state index contributed by atoms with van der Waals surface area (Å²) in [6.45, 7) is 0.595. The summed E-state index contributed by atoms with van der Waals surface area (Å²) in [5, 5.41) is 1.23. The van der Waals surface area contributed by atoms with Crippen molar-refractivity contribution < 1.29 is 0 Å². The highest BCUT2D eigenvalue weighted by Crippen LogP contribution is 2.26. The third-order valence-electron chi connectivity index (χ3n) is 2.24. The second kappa shape index (κ2) is 3.16. The topological polar surface area (TPSA) is 30.9 Å². The number of aromatic nitrogens is 1. The van der Waals surface area contributed by atoms with Crippen LogP contribution in [0.25, 0.3) is 10.9 Å². The minimum Gasteiger partial charge on any atom is -0.349 e. The molecule has 1 aromatic heterocycles. The van der Waals surface area contributed by atoms with Gasteiger partial charge in [-0.3, -0.25) is 0 Å². The van der Waals surface area contributed by atoms with Gasteiger partial charge >= 0.3 is 0 Å². The average Bonchev–Trinajstić information content (AvgIpc) is 2.42. The van der Waals surface area contributed by atoms with Crippen LogP contribution in [0.3, 0.4) is 0 Å². The first-order valence-electron chi connectivity index (χ1n) is 4.16. The largest absolute Gasteiger partial charge is 0.349 e. The summed E-state index contributed by atoms with van der Waals surface area (Å²) in [4.78, 5) is 0. The number of rotatable bonds is 1. The molecule has 1 heterocycles. The van der Waals surface area contributed by atoms with Crippen molar-refractivity contribution in [2.45, 2.75) is 6.54 Å². The van der Waals surface area contributed by atoms with Crippen molar-refractivity contribution in [3.63, 3.8) is 0 Å². The Bertz CT molecular complexity index is 445. The molecule has 3 heteroatoms. The van der Waals surface area contributed by atoms with Crippen molar-refractivity contribution in [3.05, 3.63) is 34.4 Å². The molecular weight excluding hydrogens is 228 g/mol. The molecule has 0 spiro atoms. The van der Waals surface area contributed by atoms with Crippen LogP contribution in [-0.4, -0.2) is 4.57 Å². The molecule has 2 rings (SSSR count). The Balaban J connectivity index is 2.76. The second-order valence-corrected chi connectivity index (χ2v) is 4.00. The maximum absolute atomic E-state index is 5.58. The van der Waals surface area contributed by atoms with Gasteiger partial charge in [0, 0.05) is 35.2 Å². The molecule has 0 atom stereocenters. The van der Waals surface area contributed by atoms with Gasteiger partial charge in [0.2, 0.25) is 0 Å². The molecule has 0 unspecified atom stereocenters. The number of nitrogens with two attached hydrogens (primary N) is 1. The molecule has 0 aliphatic heterocycles. The van der Waals surface area contributed by atoms with Crippen LogP contribution >= 0.6 is 15.9 Å². The van der Waals surface area contributed by atoms with Crippen LogP contribution in [0.1, 0.15) is 5.56 Å². The van der Waals surface area contributed by atoms with E-state index in [1.165, 1.54) is 16.5 Å². The molecule has 0 amide bonds. The van der Waals surface area contributed by atoms with Crippen LogP contribution in [0, 0.1) is 0 Å². The number of aryl methyl sites for hydroxylation is 1. The second-order valence-electron chi connectivity index (χ2n) is 3.14. The molecule has 0 saturated heterocycles. The van der Waals surface area contributed by atoms with E-state index in [2.05, 4.69) is 44.9 Å². The van der Waals surface area contributed by atoms with E-state index >= 15 is 0 Å². The van der Waals surface area contributed by atoms with Crippen LogP contribution in [-0.2, 0) is 13.6 Å². The molecule has 2 aromatic rings. The smallest absolute Gasteiger partial charge is 0.0489 e. The van der Waals surface area contributed by atoms with Crippen molar-refractivity contribution in [1.29, 1.82) is 0 Å². The predicted octanol–water partition coefficient (Wildman–Crippen LogP) is 2.40. The van der Waals surface area contributed by atoms with Crippen LogP contribution in [0.2, 0.25) is 0 Å². The molecule has 13 heavy (non-hydrogen) atoms. The van der Waals surface area contributed by atoms with Crippen LogP contribution in [0.4, 0.5) is 0 Å². The summed E-state index contributed by atoms with van der Waals surface area (Å²) in [5.74, 6) is 0. The molecule has 0 fully saturated rings. The van der Waals surface area contributed by atoms with Gasteiger partial charge in [-0.2, -0.15) is 0 Å². The quantitative estimate of drug-likeness (QED) is 0.813. The molecule has 0 aliphatic rings. The number of hydrogen-bond donors (Lipinski definition) is 1. The van der Waals surface area contributed by atoms with Crippen LogP contribution in [0.15, 0.2) is 28.9 Å². The van der Waals surface area contributed by atoms with Crippen molar-refractivity contribution >= 4 is 26.8 Å². The first-order valence-corrected chi connectivity index (χ1v) is 4.95. The Hall–Kier alpha value is -0.800. The minimum absolute atomic E-state index is 0.595. The highest BCUT2D eigenvalue weighted by Gasteiger charge is 2.03. The molecule has 1 aromatic carbocycles. The van der Waals surface area contributed by atoms with E-state index in [-0.39, 0.29) is 0 Å². The van der Waals surface area contributed by atoms with Gasteiger partial charge in [-0.05, 0) is 33.6 Å². The monoisotopic (exact) mass is 238 g/mol. The van der Waals surface area contributed by atoms with Gasteiger partial charge in [-0.1, -0.05) is 6.07 Å². The van der Waals surface area contributed by atoms with E-state index in [4.69, 9.17) is 5.73 Å². The molecule has 2 N–H and O–H groups in total. The van der Waals surface area contributed by atoms with Gasteiger partial charge in [0.05, 0.1) is 0 Å². The molecular formula is C10H11BrN2. The Morgan fingerprint density at radius 1 is 1.46 bits per heavy atom. The summed E-state index contributed by atoms with van der Waals surface area (Å²) in [7, 11) is 2.04. The third-order valence-corrected chi connectivity index (χ3v) is 2.87. The number of fused-ring (bicyclic) bond motifs is 1. The lowest BCUT2D eigenvalue weighted by Crippen LogP contribution is -1.95. The van der Waals surface area contributed by atoms with Gasteiger partial charge < -0.3 is 10.3 Å². The molecule has 0 aliphatic carbocycles. The average molecular weight is 239 g/mol. The van der Waals surface area contributed by atoms with Crippen LogP contribution in [0.5, 0.6) is 0 Å². The van der Waals surface area contributed by atoms with Crippen molar-refractivity contribution in [3.8, 4) is 0 Å². The number of nitrogens with zero attached hydrogens (tertiary/aromatic N) is 1. The fourth-order valence-corrected chi connectivity index (χ4v) is 2.14. The number of halogens is 1. The molecule has 0 saturated carbocycles. The fraction of sp³-hybridized carbons (Fsp3) is 0.200. The predicted molar refractivity (Wildman–Crippen MR) is 58.5 cm³/mol. The van der Waals surface area contributed by atoms with Crippen LogP contribution < -0.4 is 5.73 Å². The van der Waals surface area contributed by atoms with Gasteiger partial charge in [0.1, 0.15) is 0 Å². The Morgan fingerprint density at radius 2 is 2.23 bits per heavy atom. The SMILES string of the molecule is Cn1cc(Br)c2cc(CN)ccc21. The Morgan fingerprint density at radius 3 is 2.92 bits per heavy atom. The Kier molecular flexibility index (Phi) is 2.14. The zero-order chi connectivity index (χ0) is 9.42. The lowest BCUT2D eigenvalue weighted by Gasteiger charge is -1.98. The van der Waals surface area contributed by atoms with Gasteiger partial charge in [-0.15, -0.1) is 0 Å². The standard InChI is InChI=1S/C10H11BrN2/c1-13-6-9(11)8-4-7(5-12)2-3-10(8)13/h2-4,6H,5,12H2,1H3. The van der Waals surface area contributed by atoms with Gasteiger partial charge in [-0.25, -0.2) is 0 Å². The Labute approximate surface area is 85.5 Å². The van der Waals surface area contributed by atoms with E-state index in [1.54, 1.807) is 0 Å². The number of benzene rings is 1. The molecule has 0 bridgehead atoms. The summed E-state index contributed by atoms with van der Waals surface area (Å²) < 4.78 is 3.22. The van der Waals surface area contributed by atoms with E-state index in [0.717, 1.165) is 4.47 Å². The van der Waals surface area contributed by atoms with Crippen molar-refractivity contribution in [2.24, 2.45) is 12.8 Å². The van der Waals surface area contributed by atoms with Gasteiger partial charge in [0.15, 0.2) is 0 Å². The maximum Gasteiger partial charge on any atom is 0.0489 e. The first-order chi connectivity index (χ1) is 6.22. The fourth-order valence-electron chi connectivity index (χ4n) is 1.52. The summed E-state index contributed by atoms with van der Waals surface area (Å²) in [6, 6.07) is 6.29. The lowest BCUT2D eigenvalue weighted by molar-refractivity contribution is 0.965. The van der Waals surface area contributed by atoms with Crippen molar-refractivity contribution in [2.75, 3.05) is 0 Å².